The third-order valence-electron chi connectivity index (χ3n) is 8.79. The summed E-state index contributed by atoms with van der Waals surface area (Å²) in [6.07, 6.45) is 25.9. The Labute approximate surface area is 259 Å². The number of allylic oxidation sites excluding steroid dienone is 10. The van der Waals surface area contributed by atoms with Gasteiger partial charge in [-0.25, -0.2) is 0 Å². The summed E-state index contributed by atoms with van der Waals surface area (Å²) in [4.78, 5) is 0. The quantitative estimate of drug-likeness (QED) is 0.459. The van der Waals surface area contributed by atoms with E-state index >= 15 is 0 Å². The van der Waals surface area contributed by atoms with Crippen LogP contribution in [0.1, 0.15) is 60.1 Å². The Balaban J connectivity index is 0.000000200. The summed E-state index contributed by atoms with van der Waals surface area (Å²) < 4.78 is 9.31. The van der Waals surface area contributed by atoms with Gasteiger partial charge in [-0.1, -0.05) is 0 Å². The molecule has 0 aromatic heterocycles. The van der Waals surface area contributed by atoms with Crippen molar-refractivity contribution >= 4 is 12.2 Å². The van der Waals surface area contributed by atoms with Gasteiger partial charge >= 0.3 is 237 Å². The van der Waals surface area contributed by atoms with E-state index in [1.807, 2.05) is 0 Å². The molecule has 0 aliphatic heterocycles. The maximum atomic E-state index is 2.56. The van der Waals surface area contributed by atoms with E-state index in [1.165, 1.54) is 35.1 Å². The van der Waals surface area contributed by atoms with Gasteiger partial charge in [0.25, 0.3) is 0 Å². The zero-order chi connectivity index (χ0) is 25.5. The molecule has 196 valence electrons. The second kappa shape index (κ2) is 12.8. The summed E-state index contributed by atoms with van der Waals surface area (Å²) in [5, 5.41) is 0. The molecule has 2 atom stereocenters. The standard InChI is InChI=1S/2C11H11.2C5H5.2CH3.2ClH.2Zr/c2*1-8-3-5-10-6-4-9(2)11(10)7-8;2*1-2-4-5-3-1;;;;;;/h2*3-7H,1-2H3;2*1-3H,4H2;2*1H3;2*1H;;/q;;;;;;;;2*+1/p-2. The fraction of sp³-hybridized carbons (Fsp3) is 0.294. The van der Waals surface area contributed by atoms with E-state index < -0.39 is 43.5 Å². The average molecular weight is 700 g/mol. The van der Waals surface area contributed by atoms with Crippen LogP contribution in [0.2, 0.25) is 9.26 Å². The van der Waals surface area contributed by atoms with Gasteiger partial charge < -0.3 is 24.8 Å². The van der Waals surface area contributed by atoms with E-state index in [0.29, 0.717) is 6.25 Å². The van der Waals surface area contributed by atoms with Crippen LogP contribution in [0.15, 0.2) is 91.6 Å². The number of hydrogen-bond donors (Lipinski definition) is 0. The molecule has 4 aliphatic carbocycles. The predicted octanol–water partition coefficient (Wildman–Crippen LogP) is 3.50. The third-order valence-corrected chi connectivity index (χ3v) is 25.2. The van der Waals surface area contributed by atoms with Gasteiger partial charge in [0, 0.05) is 0 Å². The first-order valence-electron chi connectivity index (χ1n) is 13.2. The van der Waals surface area contributed by atoms with Crippen molar-refractivity contribution < 1.29 is 68.3 Å². The van der Waals surface area contributed by atoms with Gasteiger partial charge in [0.15, 0.2) is 0 Å². The molecule has 38 heavy (non-hydrogen) atoms. The van der Waals surface area contributed by atoms with Gasteiger partial charge in [0.2, 0.25) is 0 Å². The minimum atomic E-state index is -1.60. The molecule has 0 saturated heterocycles. The Bertz CT molecular complexity index is 1270. The van der Waals surface area contributed by atoms with E-state index in [2.05, 4.69) is 134 Å². The van der Waals surface area contributed by atoms with E-state index in [1.54, 1.807) is 17.7 Å². The third kappa shape index (κ3) is 5.96. The van der Waals surface area contributed by atoms with E-state index in [9.17, 15) is 0 Å². The van der Waals surface area contributed by atoms with Gasteiger partial charge in [0.05, 0.1) is 0 Å². The van der Waals surface area contributed by atoms with Crippen LogP contribution in [-0.4, -0.2) is 0 Å². The minimum absolute atomic E-state index is 0. The first-order chi connectivity index (χ1) is 17.2. The van der Waals surface area contributed by atoms with Crippen LogP contribution in [0.5, 0.6) is 0 Å². The van der Waals surface area contributed by atoms with Crippen molar-refractivity contribution in [1.29, 1.82) is 0 Å². The number of benzene rings is 2. The smallest absolute Gasteiger partial charge is 1.00 e. The molecule has 4 aliphatic rings. The molecular weight excluding hydrogens is 662 g/mol. The molecule has 0 saturated carbocycles. The Kier molecular flexibility index (Phi) is 10.7. The normalized spacial score (nSPS) is 23.0. The Morgan fingerprint density at radius 3 is 1.37 bits per heavy atom. The summed E-state index contributed by atoms with van der Waals surface area (Å²) in [6.45, 7) is 9.33. The number of rotatable bonds is 4. The van der Waals surface area contributed by atoms with Crippen LogP contribution >= 0.6 is 0 Å². The molecule has 0 fully saturated rings. The van der Waals surface area contributed by atoms with Crippen LogP contribution < -0.4 is 24.8 Å². The van der Waals surface area contributed by atoms with E-state index in [4.69, 9.17) is 0 Å². The van der Waals surface area contributed by atoms with Crippen LogP contribution in [0.3, 0.4) is 0 Å². The summed E-state index contributed by atoms with van der Waals surface area (Å²) in [7, 11) is 0. The van der Waals surface area contributed by atoms with Crippen molar-refractivity contribution in [2.45, 2.75) is 56.0 Å². The number of fused-ring (bicyclic) bond motifs is 2. The molecule has 0 amide bonds. The number of aryl methyl sites for hydroxylation is 2. The molecule has 0 N–H and O–H groups in total. The summed E-state index contributed by atoms with van der Waals surface area (Å²) in [5.41, 5.74) is 8.81. The van der Waals surface area contributed by atoms with Crippen LogP contribution in [0, 0.1) is 13.8 Å². The van der Waals surface area contributed by atoms with E-state index in [0.717, 1.165) is 0 Å². The number of halogens is 2. The van der Waals surface area contributed by atoms with Gasteiger partial charge in [-0.3, -0.25) is 0 Å². The fourth-order valence-corrected chi connectivity index (χ4v) is 17.7. The molecule has 2 unspecified atom stereocenters. The second-order valence-corrected chi connectivity index (χ2v) is 25.6. The summed E-state index contributed by atoms with van der Waals surface area (Å²) in [5.74, 6) is 0. The first-order valence-corrected chi connectivity index (χ1v) is 23.1. The van der Waals surface area contributed by atoms with Crippen molar-refractivity contribution in [3.63, 3.8) is 0 Å². The van der Waals surface area contributed by atoms with Gasteiger partial charge in [-0.15, -0.1) is 0 Å². The van der Waals surface area contributed by atoms with E-state index in [-0.39, 0.29) is 24.8 Å². The van der Waals surface area contributed by atoms with Crippen molar-refractivity contribution in [1.82, 2.24) is 0 Å². The monoisotopic (exact) mass is 696 g/mol. The number of hydrogen-bond acceptors (Lipinski definition) is 0. The molecule has 0 nitrogen and oxygen atoms in total. The Morgan fingerprint density at radius 1 is 0.632 bits per heavy atom. The molecule has 6 rings (SSSR count). The van der Waals surface area contributed by atoms with Gasteiger partial charge in [-0.05, 0) is 0 Å². The van der Waals surface area contributed by atoms with Crippen molar-refractivity contribution in [2.75, 3.05) is 0 Å². The van der Waals surface area contributed by atoms with Crippen molar-refractivity contribution in [2.24, 2.45) is 0 Å². The minimum Gasteiger partial charge on any atom is -1.00 e. The van der Waals surface area contributed by atoms with Crippen LogP contribution in [0.25, 0.3) is 12.2 Å². The predicted molar refractivity (Wildman–Crippen MR) is 151 cm³/mol. The second-order valence-electron chi connectivity index (χ2n) is 11.2. The Hall–Kier alpha value is -0.774. The molecule has 0 spiro atoms. The van der Waals surface area contributed by atoms with Crippen molar-refractivity contribution in [3.05, 3.63) is 125 Å². The largest absolute Gasteiger partial charge is 1.00 e. The molecule has 4 heteroatoms. The molecule has 0 heterocycles. The summed E-state index contributed by atoms with van der Waals surface area (Å²) in [6, 6.07) is 13.8. The zero-order valence-electron chi connectivity index (χ0n) is 23.4. The molecule has 2 aromatic carbocycles. The SMILES string of the molecule is Cc1ccc2c(c1)[C](C)([Zr+]([CH3])[C]1=CC=CC1)C=C2.Cc1ccc2c(c1)[C](C)([Zr+]([CH3])[C]1=CC=CC1)C=C2.[Cl-].[Cl-]. The topological polar surface area (TPSA) is 0 Å². The van der Waals surface area contributed by atoms with Crippen LogP contribution in [-0.2, 0) is 49.7 Å². The fourth-order valence-electron chi connectivity index (χ4n) is 5.99. The summed E-state index contributed by atoms with van der Waals surface area (Å²) >= 11 is -3.21. The van der Waals surface area contributed by atoms with Gasteiger partial charge in [0.1, 0.15) is 0 Å². The first kappa shape index (κ1) is 31.7. The average Bonchev–Trinajstić information content (AvgIpc) is 3.68. The maximum absolute atomic E-state index is 2.56. The molecule has 0 radical (unpaired) electrons. The zero-order valence-corrected chi connectivity index (χ0v) is 29.8. The molecular formula is C34H38Cl2Zr2. The molecule has 2 aromatic rings. The molecule has 0 bridgehead atoms. The van der Waals surface area contributed by atoms with Gasteiger partial charge in [-0.2, -0.15) is 0 Å². The maximum Gasteiger partial charge on any atom is -1.00 e. The van der Waals surface area contributed by atoms with Crippen molar-refractivity contribution in [3.8, 4) is 0 Å². The Morgan fingerprint density at radius 2 is 1.03 bits per heavy atom. The van der Waals surface area contributed by atoms with Crippen LogP contribution in [0.4, 0.5) is 0 Å².